The van der Waals surface area contributed by atoms with Crippen LogP contribution in [0.25, 0.3) is 0 Å². The Balaban J connectivity index is 1.48. The van der Waals surface area contributed by atoms with E-state index in [-0.39, 0.29) is 29.1 Å². The topological polar surface area (TPSA) is 46.2 Å². The van der Waals surface area contributed by atoms with Crippen LogP contribution in [-0.2, 0) is 23.7 Å². The Kier molecular flexibility index (Phi) is 6.43. The molecule has 5 nitrogen and oxygen atoms in total. The molecule has 3 aliphatic rings. The van der Waals surface area contributed by atoms with Gasteiger partial charge in [0, 0.05) is 16.7 Å². The van der Waals surface area contributed by atoms with E-state index in [1.165, 1.54) is 0 Å². The standard InChI is InChI=1S/C20H36O5/c1-5-16(24-13-19(6-2)9-21-10-19)18-15(4)17(8-23-18)25-14-20(7-3)11-22-12-20/h15-18H,5-14H2,1-4H3. The molecular formula is C20H36O5. The first-order valence-corrected chi connectivity index (χ1v) is 10.1. The fourth-order valence-electron chi connectivity index (χ4n) is 3.94. The van der Waals surface area contributed by atoms with Crippen molar-refractivity contribution in [1.29, 1.82) is 0 Å². The zero-order valence-corrected chi connectivity index (χ0v) is 16.4. The molecule has 3 saturated heterocycles. The molecule has 0 aromatic carbocycles. The van der Waals surface area contributed by atoms with Crippen molar-refractivity contribution in [2.24, 2.45) is 16.7 Å². The first-order chi connectivity index (χ1) is 12.1. The summed E-state index contributed by atoms with van der Waals surface area (Å²) in [6.45, 7) is 14.4. The highest BCUT2D eigenvalue weighted by Gasteiger charge is 2.44. The quantitative estimate of drug-likeness (QED) is 0.602. The van der Waals surface area contributed by atoms with Gasteiger partial charge < -0.3 is 23.7 Å². The smallest absolute Gasteiger partial charge is 0.0888 e. The summed E-state index contributed by atoms with van der Waals surface area (Å²) in [5, 5.41) is 0. The average Bonchev–Trinajstić information content (AvgIpc) is 2.91. The van der Waals surface area contributed by atoms with E-state index in [0.29, 0.717) is 12.5 Å². The van der Waals surface area contributed by atoms with Gasteiger partial charge in [-0.05, 0) is 19.3 Å². The summed E-state index contributed by atoms with van der Waals surface area (Å²) in [4.78, 5) is 0. The van der Waals surface area contributed by atoms with Crippen LogP contribution in [0.5, 0.6) is 0 Å². The second-order valence-electron chi connectivity index (χ2n) is 8.46. The lowest BCUT2D eigenvalue weighted by Crippen LogP contribution is -2.48. The molecule has 0 radical (unpaired) electrons. The van der Waals surface area contributed by atoms with Gasteiger partial charge >= 0.3 is 0 Å². The summed E-state index contributed by atoms with van der Waals surface area (Å²) in [7, 11) is 0. The van der Waals surface area contributed by atoms with E-state index in [4.69, 9.17) is 23.7 Å². The van der Waals surface area contributed by atoms with Gasteiger partial charge in [-0.3, -0.25) is 0 Å². The normalized spacial score (nSPS) is 34.3. The Morgan fingerprint density at radius 3 is 2.04 bits per heavy atom. The fraction of sp³-hybridized carbons (Fsp3) is 1.00. The molecule has 0 amide bonds. The summed E-state index contributed by atoms with van der Waals surface area (Å²) < 4.78 is 29.5. The van der Waals surface area contributed by atoms with Crippen LogP contribution in [0.2, 0.25) is 0 Å². The molecule has 0 spiro atoms. The lowest BCUT2D eigenvalue weighted by atomic mass is 9.84. The van der Waals surface area contributed by atoms with E-state index in [0.717, 1.165) is 58.9 Å². The van der Waals surface area contributed by atoms with Crippen molar-refractivity contribution < 1.29 is 23.7 Å². The molecule has 3 fully saturated rings. The molecule has 3 rings (SSSR count). The van der Waals surface area contributed by atoms with Crippen molar-refractivity contribution in [1.82, 2.24) is 0 Å². The van der Waals surface area contributed by atoms with Gasteiger partial charge in [0.05, 0.1) is 64.6 Å². The second-order valence-corrected chi connectivity index (χ2v) is 8.46. The molecule has 4 unspecified atom stereocenters. The van der Waals surface area contributed by atoms with Crippen LogP contribution in [0, 0.1) is 16.7 Å². The summed E-state index contributed by atoms with van der Waals surface area (Å²) in [6, 6.07) is 0. The maximum atomic E-state index is 6.31. The maximum absolute atomic E-state index is 6.31. The predicted molar refractivity (Wildman–Crippen MR) is 95.8 cm³/mol. The monoisotopic (exact) mass is 356 g/mol. The van der Waals surface area contributed by atoms with E-state index in [1.54, 1.807) is 0 Å². The largest absolute Gasteiger partial charge is 0.380 e. The molecule has 0 aliphatic carbocycles. The number of rotatable bonds is 10. The van der Waals surface area contributed by atoms with Gasteiger partial charge in [0.2, 0.25) is 0 Å². The van der Waals surface area contributed by atoms with Crippen molar-refractivity contribution in [3.8, 4) is 0 Å². The van der Waals surface area contributed by atoms with E-state index < -0.39 is 0 Å². The maximum Gasteiger partial charge on any atom is 0.0888 e. The van der Waals surface area contributed by atoms with E-state index in [9.17, 15) is 0 Å². The van der Waals surface area contributed by atoms with E-state index in [1.807, 2.05) is 0 Å². The van der Waals surface area contributed by atoms with Crippen LogP contribution in [0.1, 0.15) is 47.0 Å². The minimum atomic E-state index is 0.125. The lowest BCUT2D eigenvalue weighted by Gasteiger charge is -2.42. The van der Waals surface area contributed by atoms with Crippen molar-refractivity contribution >= 4 is 0 Å². The Morgan fingerprint density at radius 1 is 0.960 bits per heavy atom. The zero-order valence-electron chi connectivity index (χ0n) is 16.4. The van der Waals surface area contributed by atoms with Crippen LogP contribution in [0.15, 0.2) is 0 Å². The molecule has 3 heterocycles. The van der Waals surface area contributed by atoms with Crippen LogP contribution in [0.3, 0.4) is 0 Å². The van der Waals surface area contributed by atoms with Gasteiger partial charge in [-0.25, -0.2) is 0 Å². The second kappa shape index (κ2) is 8.22. The Labute approximate surface area is 152 Å². The van der Waals surface area contributed by atoms with Crippen molar-refractivity contribution in [2.45, 2.75) is 65.3 Å². The number of hydrogen-bond donors (Lipinski definition) is 0. The Hall–Kier alpha value is -0.200. The van der Waals surface area contributed by atoms with Gasteiger partial charge in [-0.1, -0.05) is 27.7 Å². The Bertz CT molecular complexity index is 407. The highest BCUT2D eigenvalue weighted by Crippen LogP contribution is 2.36. The summed E-state index contributed by atoms with van der Waals surface area (Å²) in [6.07, 6.45) is 3.62. The molecule has 5 heteroatoms. The molecule has 25 heavy (non-hydrogen) atoms. The summed E-state index contributed by atoms with van der Waals surface area (Å²) in [5.74, 6) is 0.357. The highest BCUT2D eigenvalue weighted by molar-refractivity contribution is 4.91. The van der Waals surface area contributed by atoms with Crippen LogP contribution in [0.4, 0.5) is 0 Å². The Morgan fingerprint density at radius 2 is 1.56 bits per heavy atom. The van der Waals surface area contributed by atoms with Gasteiger partial charge in [0.25, 0.3) is 0 Å². The van der Waals surface area contributed by atoms with Crippen molar-refractivity contribution in [3.05, 3.63) is 0 Å². The first-order valence-electron chi connectivity index (χ1n) is 10.1. The molecule has 0 aromatic heterocycles. The third-order valence-electron chi connectivity index (χ3n) is 6.67. The average molecular weight is 357 g/mol. The molecular weight excluding hydrogens is 320 g/mol. The van der Waals surface area contributed by atoms with Gasteiger partial charge in [0.15, 0.2) is 0 Å². The minimum absolute atomic E-state index is 0.125. The zero-order chi connectivity index (χ0) is 17.9. The fourth-order valence-corrected chi connectivity index (χ4v) is 3.94. The first kappa shape index (κ1) is 19.6. The molecule has 0 bridgehead atoms. The molecule has 0 aromatic rings. The van der Waals surface area contributed by atoms with Crippen LogP contribution < -0.4 is 0 Å². The summed E-state index contributed by atoms with van der Waals surface area (Å²) in [5.41, 5.74) is 0.457. The molecule has 146 valence electrons. The number of ether oxygens (including phenoxy) is 5. The number of hydrogen-bond acceptors (Lipinski definition) is 5. The van der Waals surface area contributed by atoms with Crippen LogP contribution >= 0.6 is 0 Å². The molecule has 0 saturated carbocycles. The third kappa shape index (κ3) is 4.06. The predicted octanol–water partition coefficient (Wildman–Crippen LogP) is 3.05. The van der Waals surface area contributed by atoms with Gasteiger partial charge in [-0.15, -0.1) is 0 Å². The van der Waals surface area contributed by atoms with Gasteiger partial charge in [0.1, 0.15) is 0 Å². The third-order valence-corrected chi connectivity index (χ3v) is 6.67. The molecule has 4 atom stereocenters. The van der Waals surface area contributed by atoms with E-state index >= 15 is 0 Å². The SMILES string of the molecule is CCC(OCC1(CC)COC1)C1OCC(OCC2(CC)COC2)C1C. The van der Waals surface area contributed by atoms with Crippen molar-refractivity contribution in [2.75, 3.05) is 46.2 Å². The molecule has 3 aliphatic heterocycles. The molecule has 0 N–H and O–H groups in total. The highest BCUT2D eigenvalue weighted by atomic mass is 16.6. The van der Waals surface area contributed by atoms with Crippen molar-refractivity contribution in [3.63, 3.8) is 0 Å². The van der Waals surface area contributed by atoms with E-state index in [2.05, 4.69) is 27.7 Å². The van der Waals surface area contributed by atoms with Gasteiger partial charge in [-0.2, -0.15) is 0 Å². The van der Waals surface area contributed by atoms with Crippen LogP contribution in [-0.4, -0.2) is 64.6 Å². The lowest BCUT2D eigenvalue weighted by molar-refractivity contribution is -0.174. The minimum Gasteiger partial charge on any atom is -0.380 e. The summed E-state index contributed by atoms with van der Waals surface area (Å²) >= 11 is 0.